The highest BCUT2D eigenvalue weighted by Gasteiger charge is 2.68. The number of ether oxygens (including phenoxy) is 3. The number of carbonyl (C=O) groups is 4. The number of esters is 3. The van der Waals surface area contributed by atoms with E-state index in [-0.39, 0.29) is 42.4 Å². The van der Waals surface area contributed by atoms with E-state index < -0.39 is 46.3 Å². The maximum absolute atomic E-state index is 14.4. The molecule has 212 valence electrons. The lowest BCUT2D eigenvalue weighted by Gasteiger charge is -2.63. The first-order valence-electron chi connectivity index (χ1n) is 14.0. The Morgan fingerprint density at radius 2 is 1.87 bits per heavy atom. The van der Waals surface area contributed by atoms with Gasteiger partial charge in [-0.15, -0.1) is 0 Å². The van der Waals surface area contributed by atoms with Crippen LogP contribution in [0.2, 0.25) is 0 Å². The number of hydrogen-bond acceptors (Lipinski definition) is 8. The summed E-state index contributed by atoms with van der Waals surface area (Å²) in [5.41, 5.74) is 0.943. The van der Waals surface area contributed by atoms with E-state index in [1.54, 1.807) is 26.4 Å². The first-order chi connectivity index (χ1) is 18.3. The van der Waals surface area contributed by atoms with Crippen molar-refractivity contribution >= 4 is 23.7 Å². The fourth-order valence-electron chi connectivity index (χ4n) is 8.46. The third-order valence-electron chi connectivity index (χ3n) is 10.5. The quantitative estimate of drug-likeness (QED) is 0.279. The molecule has 39 heavy (non-hydrogen) atoms. The summed E-state index contributed by atoms with van der Waals surface area (Å²) in [6.45, 7) is 11.7. The van der Waals surface area contributed by atoms with Gasteiger partial charge in [0.15, 0.2) is 0 Å². The standard InChI is InChI=1S/C31H40O8/c1-16(2)28(35)39-27-19-12-18-20(31(6,25(19)34)22(29(27,3)4)14-23(32)36-7)8-10-30(5)21(18)13-24(33)38-26(30)17-9-11-37-15-17/h9,11,15-16,19-20,22,26-27H,8,10,12-14H2,1-7H3/t19-,20?,22-,26-,27-,30+,31+/m0/s1. The smallest absolute Gasteiger partial charge is 0.310 e. The van der Waals surface area contributed by atoms with Gasteiger partial charge in [-0.1, -0.05) is 47.1 Å². The van der Waals surface area contributed by atoms with Crippen LogP contribution >= 0.6 is 0 Å². The van der Waals surface area contributed by atoms with Gasteiger partial charge in [-0.25, -0.2) is 0 Å². The zero-order valence-corrected chi connectivity index (χ0v) is 24.0. The largest absolute Gasteiger partial charge is 0.472 e. The summed E-state index contributed by atoms with van der Waals surface area (Å²) in [5.74, 6) is -2.49. The molecule has 1 aliphatic heterocycles. The fraction of sp³-hybridized carbons (Fsp3) is 0.677. The Labute approximate surface area is 229 Å². The summed E-state index contributed by atoms with van der Waals surface area (Å²) >= 11 is 0. The van der Waals surface area contributed by atoms with Crippen LogP contribution in [0, 0.1) is 39.9 Å². The first kappa shape index (κ1) is 27.7. The molecule has 3 fully saturated rings. The summed E-state index contributed by atoms with van der Waals surface area (Å²) in [6, 6.07) is 1.83. The molecule has 8 nitrogen and oxygen atoms in total. The molecular weight excluding hydrogens is 500 g/mol. The number of methoxy groups -OCH3 is 1. The van der Waals surface area contributed by atoms with Gasteiger partial charge in [0.25, 0.3) is 0 Å². The number of allylic oxidation sites excluding steroid dienone is 1. The molecule has 3 aliphatic carbocycles. The van der Waals surface area contributed by atoms with Crippen LogP contribution in [-0.4, -0.2) is 36.9 Å². The van der Waals surface area contributed by atoms with E-state index in [4.69, 9.17) is 18.6 Å². The van der Waals surface area contributed by atoms with Gasteiger partial charge in [0, 0.05) is 28.2 Å². The Balaban J connectivity index is 1.68. The Kier molecular flexibility index (Phi) is 6.62. The summed E-state index contributed by atoms with van der Waals surface area (Å²) < 4.78 is 22.5. The van der Waals surface area contributed by atoms with Gasteiger partial charge in [-0.2, -0.15) is 0 Å². The zero-order chi connectivity index (χ0) is 28.5. The van der Waals surface area contributed by atoms with Crippen molar-refractivity contribution in [3.8, 4) is 0 Å². The molecule has 2 bridgehead atoms. The molecule has 1 aromatic rings. The summed E-state index contributed by atoms with van der Waals surface area (Å²) in [6.07, 6.45) is 4.11. The average molecular weight is 541 g/mol. The maximum atomic E-state index is 14.4. The number of furan rings is 1. The van der Waals surface area contributed by atoms with Gasteiger partial charge in [0.2, 0.25) is 0 Å². The lowest BCUT2D eigenvalue weighted by molar-refractivity contribution is -0.200. The van der Waals surface area contributed by atoms with E-state index in [9.17, 15) is 19.2 Å². The number of cyclic esters (lactones) is 1. The Morgan fingerprint density at radius 1 is 1.15 bits per heavy atom. The molecule has 1 unspecified atom stereocenters. The number of rotatable bonds is 5. The van der Waals surface area contributed by atoms with Crippen molar-refractivity contribution < 1.29 is 37.8 Å². The minimum Gasteiger partial charge on any atom is -0.472 e. The lowest BCUT2D eigenvalue weighted by Crippen LogP contribution is -2.66. The average Bonchev–Trinajstić information content (AvgIpc) is 3.41. The second-order valence-electron chi connectivity index (χ2n) is 13.2. The molecule has 8 heteroatoms. The molecule has 1 aromatic heterocycles. The third kappa shape index (κ3) is 4.00. The second kappa shape index (κ2) is 9.34. The van der Waals surface area contributed by atoms with E-state index in [0.29, 0.717) is 6.42 Å². The monoisotopic (exact) mass is 540 g/mol. The molecule has 0 spiro atoms. The van der Waals surface area contributed by atoms with Crippen LogP contribution < -0.4 is 0 Å². The number of hydrogen-bond donors (Lipinski definition) is 0. The Morgan fingerprint density at radius 3 is 2.49 bits per heavy atom. The highest BCUT2D eigenvalue weighted by atomic mass is 16.6. The second-order valence-corrected chi connectivity index (χ2v) is 13.2. The number of Topliss-reactive ketones (excluding diaryl/α,β-unsaturated/α-hetero) is 1. The van der Waals surface area contributed by atoms with Crippen LogP contribution in [0.25, 0.3) is 0 Å². The van der Waals surface area contributed by atoms with Gasteiger partial charge >= 0.3 is 17.9 Å². The normalized spacial score (nSPS) is 37.1. The maximum Gasteiger partial charge on any atom is 0.310 e. The topological polar surface area (TPSA) is 109 Å². The van der Waals surface area contributed by atoms with E-state index in [1.165, 1.54) is 7.11 Å². The Hall–Kier alpha value is -2.90. The van der Waals surface area contributed by atoms with Crippen LogP contribution in [0.4, 0.5) is 0 Å². The minimum atomic E-state index is -0.877. The summed E-state index contributed by atoms with van der Waals surface area (Å²) in [7, 11) is 1.35. The minimum absolute atomic E-state index is 0.0417. The Bertz CT molecular complexity index is 1220. The third-order valence-corrected chi connectivity index (χ3v) is 10.5. The van der Waals surface area contributed by atoms with Crippen molar-refractivity contribution in [2.24, 2.45) is 39.9 Å². The van der Waals surface area contributed by atoms with Crippen molar-refractivity contribution in [1.82, 2.24) is 0 Å². The van der Waals surface area contributed by atoms with Crippen molar-refractivity contribution in [1.29, 1.82) is 0 Å². The summed E-state index contributed by atoms with van der Waals surface area (Å²) in [5, 5.41) is 0. The molecule has 4 aliphatic rings. The fourth-order valence-corrected chi connectivity index (χ4v) is 8.46. The molecule has 0 N–H and O–H groups in total. The predicted molar refractivity (Wildman–Crippen MR) is 140 cm³/mol. The van der Waals surface area contributed by atoms with Gasteiger partial charge in [-0.05, 0) is 42.7 Å². The van der Waals surface area contributed by atoms with Crippen molar-refractivity contribution in [3.63, 3.8) is 0 Å². The van der Waals surface area contributed by atoms with Gasteiger partial charge in [0.05, 0.1) is 37.9 Å². The highest BCUT2D eigenvalue weighted by Crippen LogP contribution is 2.68. The summed E-state index contributed by atoms with van der Waals surface area (Å²) in [4.78, 5) is 53.0. The van der Waals surface area contributed by atoms with Crippen molar-refractivity contribution in [2.75, 3.05) is 7.11 Å². The van der Waals surface area contributed by atoms with Crippen LogP contribution in [0.1, 0.15) is 85.3 Å². The molecule has 0 aromatic carbocycles. The lowest BCUT2D eigenvalue weighted by atomic mass is 9.40. The van der Waals surface area contributed by atoms with Crippen molar-refractivity contribution in [2.45, 2.75) is 85.9 Å². The van der Waals surface area contributed by atoms with E-state index in [0.717, 1.165) is 29.6 Å². The van der Waals surface area contributed by atoms with E-state index in [2.05, 4.69) is 6.92 Å². The molecule has 2 saturated carbocycles. The van der Waals surface area contributed by atoms with Crippen molar-refractivity contribution in [3.05, 3.63) is 35.3 Å². The zero-order valence-electron chi connectivity index (χ0n) is 24.0. The highest BCUT2D eigenvalue weighted by molar-refractivity contribution is 5.92. The van der Waals surface area contributed by atoms with E-state index >= 15 is 0 Å². The van der Waals surface area contributed by atoms with Crippen LogP contribution in [0.3, 0.4) is 0 Å². The van der Waals surface area contributed by atoms with Crippen LogP contribution in [-0.2, 0) is 33.4 Å². The molecule has 0 radical (unpaired) electrons. The van der Waals surface area contributed by atoms with E-state index in [1.807, 2.05) is 26.8 Å². The van der Waals surface area contributed by atoms with Gasteiger partial charge in [0.1, 0.15) is 18.0 Å². The van der Waals surface area contributed by atoms with Crippen LogP contribution in [0.15, 0.2) is 34.2 Å². The van der Waals surface area contributed by atoms with Gasteiger partial charge < -0.3 is 18.6 Å². The molecular formula is C31H40O8. The molecule has 2 heterocycles. The molecule has 0 amide bonds. The predicted octanol–water partition coefficient (Wildman–Crippen LogP) is 5.36. The number of fused-ring (bicyclic) bond motifs is 5. The van der Waals surface area contributed by atoms with Crippen LogP contribution in [0.5, 0.6) is 0 Å². The first-order valence-corrected chi connectivity index (χ1v) is 14.0. The molecule has 7 atom stereocenters. The number of ketones is 1. The molecule has 5 rings (SSSR count). The number of carbonyl (C=O) groups excluding carboxylic acids is 4. The molecule has 1 saturated heterocycles. The van der Waals surface area contributed by atoms with Gasteiger partial charge in [-0.3, -0.25) is 19.2 Å². The SMILES string of the molecule is COC(=O)C[C@H]1C(C)(C)[C@@H](OC(=O)C(C)C)[C@H]2CC3=C4CC(=O)O[C@@H](c5ccoc5)[C@]4(C)CCC3[C@@]1(C)C2=O.